The van der Waals surface area contributed by atoms with Crippen molar-refractivity contribution in [2.75, 3.05) is 38.5 Å². The van der Waals surface area contributed by atoms with Crippen LogP contribution < -0.4 is 10.1 Å². The number of amides is 1. The van der Waals surface area contributed by atoms with Crippen LogP contribution in [-0.2, 0) is 16.2 Å². The summed E-state index contributed by atoms with van der Waals surface area (Å²) in [6, 6.07) is 10.9. The van der Waals surface area contributed by atoms with Gasteiger partial charge in [0.1, 0.15) is 0 Å². The molecule has 1 N–H and O–H groups in total. The zero-order valence-electron chi connectivity index (χ0n) is 18.9. The SMILES string of the molecule is CN1CCN(S(=O)(=O)c2cccc(NC(=O)Oc3cnn(-c4ccc(Cl)cc4)c3C(F)(F)F)c2)CC1. The summed E-state index contributed by atoms with van der Waals surface area (Å²) in [4.78, 5) is 14.4. The number of anilines is 1. The number of nitrogens with zero attached hydrogens (tertiary/aromatic N) is 4. The zero-order valence-corrected chi connectivity index (χ0v) is 20.4. The molecule has 3 aromatic rings. The molecule has 0 atom stereocenters. The smallest absolute Gasteiger partial charge is 0.406 e. The van der Waals surface area contributed by atoms with Gasteiger partial charge >= 0.3 is 12.3 Å². The van der Waals surface area contributed by atoms with Crippen LogP contribution >= 0.6 is 11.6 Å². The van der Waals surface area contributed by atoms with E-state index in [1.54, 1.807) is 0 Å². The van der Waals surface area contributed by atoms with Crippen LogP contribution in [0.15, 0.2) is 59.6 Å². The van der Waals surface area contributed by atoms with Gasteiger partial charge in [-0.3, -0.25) is 5.32 Å². The first kappa shape index (κ1) is 25.9. The van der Waals surface area contributed by atoms with Crippen LogP contribution in [0.2, 0.25) is 5.02 Å². The minimum absolute atomic E-state index is 0.0360. The van der Waals surface area contributed by atoms with Crippen molar-refractivity contribution in [1.82, 2.24) is 19.0 Å². The Morgan fingerprint density at radius 1 is 1.08 bits per heavy atom. The molecule has 2 heterocycles. The number of rotatable bonds is 5. The molecule has 1 aromatic heterocycles. The maximum absolute atomic E-state index is 13.8. The number of benzene rings is 2. The molecule has 0 spiro atoms. The summed E-state index contributed by atoms with van der Waals surface area (Å²) < 4.78 is 74.1. The average molecular weight is 544 g/mol. The molecule has 0 unspecified atom stereocenters. The van der Waals surface area contributed by atoms with Crippen molar-refractivity contribution in [3.05, 3.63) is 65.4 Å². The fourth-order valence-corrected chi connectivity index (χ4v) is 5.20. The molecule has 1 saturated heterocycles. The van der Waals surface area contributed by atoms with Crippen LogP contribution in [0.4, 0.5) is 23.7 Å². The largest absolute Gasteiger partial charge is 0.437 e. The van der Waals surface area contributed by atoms with Gasteiger partial charge in [0, 0.05) is 36.9 Å². The van der Waals surface area contributed by atoms with E-state index >= 15 is 0 Å². The third kappa shape index (κ3) is 5.64. The number of hydrogen-bond donors (Lipinski definition) is 1. The summed E-state index contributed by atoms with van der Waals surface area (Å²) >= 11 is 5.80. The summed E-state index contributed by atoms with van der Waals surface area (Å²) in [5.41, 5.74) is -1.20. The summed E-state index contributed by atoms with van der Waals surface area (Å²) in [7, 11) is -1.92. The monoisotopic (exact) mass is 543 g/mol. The van der Waals surface area contributed by atoms with Crippen LogP contribution in [0, 0.1) is 0 Å². The first-order valence-corrected chi connectivity index (χ1v) is 12.5. The van der Waals surface area contributed by atoms with Crippen LogP contribution in [0.1, 0.15) is 5.69 Å². The van der Waals surface area contributed by atoms with E-state index in [4.69, 9.17) is 16.3 Å². The Kier molecular flexibility index (Phi) is 7.27. The second-order valence-electron chi connectivity index (χ2n) is 7.99. The van der Waals surface area contributed by atoms with Crippen molar-refractivity contribution in [2.24, 2.45) is 0 Å². The van der Waals surface area contributed by atoms with Crippen molar-refractivity contribution in [3.8, 4) is 11.4 Å². The Morgan fingerprint density at radius 3 is 2.39 bits per heavy atom. The highest BCUT2D eigenvalue weighted by Gasteiger charge is 2.40. The van der Waals surface area contributed by atoms with Crippen LogP contribution in [0.25, 0.3) is 5.69 Å². The molecule has 192 valence electrons. The summed E-state index contributed by atoms with van der Waals surface area (Å²) in [6.45, 7) is 1.79. The maximum atomic E-state index is 13.8. The number of aromatic nitrogens is 2. The minimum atomic E-state index is -4.90. The Balaban J connectivity index is 1.53. The minimum Gasteiger partial charge on any atom is -0.406 e. The number of carbonyl (C=O) groups is 1. The molecule has 4 rings (SSSR count). The molecule has 1 aliphatic heterocycles. The van der Waals surface area contributed by atoms with Crippen LogP contribution in [-0.4, -0.2) is 66.7 Å². The van der Waals surface area contributed by atoms with Gasteiger partial charge in [0.2, 0.25) is 10.0 Å². The number of carbonyl (C=O) groups excluding carboxylic acids is 1. The van der Waals surface area contributed by atoms with Gasteiger partial charge in [-0.25, -0.2) is 17.9 Å². The number of nitrogens with one attached hydrogen (secondary N) is 1. The molecular formula is C22H21ClF3N5O4S. The first-order chi connectivity index (χ1) is 16.9. The van der Waals surface area contributed by atoms with Gasteiger partial charge in [-0.2, -0.15) is 22.6 Å². The quantitative estimate of drug-likeness (QED) is 0.521. The van der Waals surface area contributed by atoms with E-state index < -0.39 is 33.7 Å². The highest BCUT2D eigenvalue weighted by atomic mass is 35.5. The topological polar surface area (TPSA) is 96.8 Å². The molecule has 14 heteroatoms. The van der Waals surface area contributed by atoms with Crippen molar-refractivity contribution in [2.45, 2.75) is 11.1 Å². The Bertz CT molecular complexity index is 1350. The molecular weight excluding hydrogens is 523 g/mol. The third-order valence-corrected chi connectivity index (χ3v) is 7.61. The number of piperazine rings is 1. The van der Waals surface area contributed by atoms with Crippen LogP contribution in [0.5, 0.6) is 5.75 Å². The predicted molar refractivity (Wildman–Crippen MR) is 126 cm³/mol. The normalized spacial score (nSPS) is 15.6. The van der Waals surface area contributed by atoms with Gasteiger partial charge < -0.3 is 9.64 Å². The average Bonchev–Trinajstić information content (AvgIpc) is 3.24. The Hall–Kier alpha value is -3.13. The molecule has 1 aliphatic rings. The van der Waals surface area contributed by atoms with Gasteiger partial charge in [-0.05, 0) is 49.5 Å². The molecule has 0 bridgehead atoms. The van der Waals surface area contributed by atoms with Crippen molar-refractivity contribution < 1.29 is 31.1 Å². The molecule has 0 radical (unpaired) electrons. The van der Waals surface area contributed by atoms with Gasteiger partial charge in [0.25, 0.3) is 0 Å². The summed E-state index contributed by atoms with van der Waals surface area (Å²) in [6.07, 6.45) is -5.38. The lowest BCUT2D eigenvalue weighted by Crippen LogP contribution is -2.47. The van der Waals surface area contributed by atoms with E-state index in [0.29, 0.717) is 35.9 Å². The van der Waals surface area contributed by atoms with Crippen molar-refractivity contribution >= 4 is 33.4 Å². The molecule has 1 amide bonds. The zero-order chi connectivity index (χ0) is 26.1. The summed E-state index contributed by atoms with van der Waals surface area (Å²) in [5.74, 6) is -0.823. The number of ether oxygens (including phenoxy) is 1. The van der Waals surface area contributed by atoms with Crippen LogP contribution in [0.3, 0.4) is 0 Å². The fraction of sp³-hybridized carbons (Fsp3) is 0.273. The highest BCUT2D eigenvalue weighted by molar-refractivity contribution is 7.89. The molecule has 9 nitrogen and oxygen atoms in total. The van der Waals surface area contributed by atoms with Gasteiger partial charge in [-0.1, -0.05) is 17.7 Å². The lowest BCUT2D eigenvalue weighted by atomic mass is 10.3. The molecule has 0 aliphatic carbocycles. The Morgan fingerprint density at radius 2 is 1.75 bits per heavy atom. The highest BCUT2D eigenvalue weighted by Crippen LogP contribution is 2.38. The van der Waals surface area contributed by atoms with Crippen molar-refractivity contribution in [3.63, 3.8) is 0 Å². The van der Waals surface area contributed by atoms with E-state index in [1.807, 2.05) is 11.9 Å². The van der Waals surface area contributed by atoms with E-state index in [2.05, 4.69) is 10.4 Å². The van der Waals surface area contributed by atoms with E-state index in [0.717, 1.165) is 6.20 Å². The first-order valence-electron chi connectivity index (χ1n) is 10.6. The lowest BCUT2D eigenvalue weighted by Gasteiger charge is -2.31. The number of hydrogen-bond acceptors (Lipinski definition) is 6. The number of alkyl halides is 3. The van der Waals surface area contributed by atoms with Gasteiger partial charge in [-0.15, -0.1) is 0 Å². The second kappa shape index (κ2) is 10.1. The molecule has 36 heavy (non-hydrogen) atoms. The fourth-order valence-electron chi connectivity index (χ4n) is 3.60. The standard InChI is InChI=1S/C22H21ClF3N5O4S/c1-29-9-11-30(12-10-29)36(33,34)18-4-2-3-16(13-18)28-21(32)35-19-14-27-31(20(19)22(24,25)26)17-7-5-15(23)6-8-17/h2-8,13-14H,9-12H2,1H3,(H,28,32). The van der Waals surface area contributed by atoms with E-state index in [-0.39, 0.29) is 16.3 Å². The predicted octanol–water partition coefficient (Wildman–Crippen LogP) is 4.09. The lowest BCUT2D eigenvalue weighted by molar-refractivity contribution is -0.143. The summed E-state index contributed by atoms with van der Waals surface area (Å²) in [5, 5.41) is 6.31. The number of sulfonamides is 1. The second-order valence-corrected chi connectivity index (χ2v) is 10.4. The molecule has 2 aromatic carbocycles. The maximum Gasteiger partial charge on any atom is 0.437 e. The van der Waals surface area contributed by atoms with Gasteiger partial charge in [0.05, 0.1) is 16.8 Å². The third-order valence-electron chi connectivity index (χ3n) is 5.46. The van der Waals surface area contributed by atoms with E-state index in [1.165, 1.54) is 52.8 Å². The molecule has 1 fully saturated rings. The molecule has 0 saturated carbocycles. The Labute approximate surface area is 210 Å². The number of likely N-dealkylation sites (N-methyl/N-ethyl adjacent to an activating group) is 1. The number of halogens is 4. The van der Waals surface area contributed by atoms with Crippen molar-refractivity contribution in [1.29, 1.82) is 0 Å². The van der Waals surface area contributed by atoms with E-state index in [9.17, 15) is 26.4 Å². The van der Waals surface area contributed by atoms with Gasteiger partial charge in [0.15, 0.2) is 11.4 Å².